The van der Waals surface area contributed by atoms with Gasteiger partial charge >= 0.3 is 6.08 Å². The van der Waals surface area contributed by atoms with Gasteiger partial charge in [-0.2, -0.15) is 4.39 Å². The van der Waals surface area contributed by atoms with Gasteiger partial charge in [0.1, 0.15) is 0 Å². The molecule has 1 aromatic rings. The van der Waals surface area contributed by atoms with Crippen LogP contribution in [0.4, 0.5) is 4.39 Å². The van der Waals surface area contributed by atoms with Crippen molar-refractivity contribution in [3.8, 4) is 0 Å². The number of hydrogen-bond donors (Lipinski definition) is 0. The largest absolute Gasteiger partial charge is 0.308 e. The summed E-state index contributed by atoms with van der Waals surface area (Å²) in [5.74, 6) is 1.46. The third-order valence-corrected chi connectivity index (χ3v) is 4.17. The standard InChI is InChI=1S/C15H23FN2/c1-2-3-4-5-12-6-8-13(9-7-12)14-10-17-15(16)18-11-14/h10-13H,2-9H2,1H3. The van der Waals surface area contributed by atoms with Crippen molar-refractivity contribution in [3.63, 3.8) is 0 Å². The van der Waals surface area contributed by atoms with Crippen LogP contribution in [0.1, 0.15) is 69.8 Å². The van der Waals surface area contributed by atoms with Gasteiger partial charge in [0, 0.05) is 12.4 Å². The van der Waals surface area contributed by atoms with Crippen molar-refractivity contribution in [2.75, 3.05) is 0 Å². The summed E-state index contributed by atoms with van der Waals surface area (Å²) in [5.41, 5.74) is 1.11. The van der Waals surface area contributed by atoms with Crippen LogP contribution in [0.3, 0.4) is 0 Å². The lowest BCUT2D eigenvalue weighted by molar-refractivity contribution is 0.302. The molecule has 1 fully saturated rings. The quantitative estimate of drug-likeness (QED) is 0.569. The van der Waals surface area contributed by atoms with Crippen LogP contribution in [0.5, 0.6) is 0 Å². The van der Waals surface area contributed by atoms with Crippen molar-refractivity contribution >= 4 is 0 Å². The van der Waals surface area contributed by atoms with E-state index < -0.39 is 6.08 Å². The first kappa shape index (κ1) is 13.4. The number of hydrogen-bond acceptors (Lipinski definition) is 2. The number of rotatable bonds is 5. The van der Waals surface area contributed by atoms with Crippen LogP contribution in [0.15, 0.2) is 12.4 Å². The SMILES string of the molecule is CCCCCC1CCC(c2cnc(F)nc2)CC1. The summed E-state index contributed by atoms with van der Waals surface area (Å²) in [6, 6.07) is 0. The van der Waals surface area contributed by atoms with E-state index in [2.05, 4.69) is 16.9 Å². The maximum Gasteiger partial charge on any atom is 0.308 e. The Morgan fingerprint density at radius 2 is 1.78 bits per heavy atom. The second-order valence-electron chi connectivity index (χ2n) is 5.50. The zero-order valence-electron chi connectivity index (χ0n) is 11.2. The summed E-state index contributed by atoms with van der Waals surface area (Å²) >= 11 is 0. The molecule has 0 atom stereocenters. The topological polar surface area (TPSA) is 25.8 Å². The smallest absolute Gasteiger partial charge is 0.210 e. The molecule has 18 heavy (non-hydrogen) atoms. The Kier molecular flexibility index (Phi) is 5.09. The van der Waals surface area contributed by atoms with E-state index in [1.54, 1.807) is 12.4 Å². The Morgan fingerprint density at radius 3 is 2.39 bits per heavy atom. The fourth-order valence-electron chi connectivity index (χ4n) is 3.00. The van der Waals surface area contributed by atoms with E-state index in [0.717, 1.165) is 11.5 Å². The number of aromatic nitrogens is 2. The van der Waals surface area contributed by atoms with Crippen LogP contribution >= 0.6 is 0 Å². The average Bonchev–Trinajstić information content (AvgIpc) is 2.41. The minimum absolute atomic E-state index is 0.549. The average molecular weight is 250 g/mol. The van der Waals surface area contributed by atoms with Crippen molar-refractivity contribution < 1.29 is 4.39 Å². The summed E-state index contributed by atoms with van der Waals surface area (Å²) in [5, 5.41) is 0. The molecule has 0 amide bonds. The zero-order chi connectivity index (χ0) is 12.8. The Hall–Kier alpha value is -0.990. The molecule has 0 saturated heterocycles. The fourth-order valence-corrected chi connectivity index (χ4v) is 3.00. The highest BCUT2D eigenvalue weighted by Gasteiger charge is 2.22. The van der Waals surface area contributed by atoms with Crippen LogP contribution in [0.25, 0.3) is 0 Å². The molecule has 0 aromatic carbocycles. The van der Waals surface area contributed by atoms with Gasteiger partial charge in [0.15, 0.2) is 0 Å². The van der Waals surface area contributed by atoms with Crippen LogP contribution in [-0.4, -0.2) is 9.97 Å². The van der Waals surface area contributed by atoms with E-state index in [-0.39, 0.29) is 0 Å². The first-order valence-electron chi connectivity index (χ1n) is 7.27. The van der Waals surface area contributed by atoms with Gasteiger partial charge in [-0.1, -0.05) is 32.6 Å². The molecular formula is C15H23FN2. The lowest BCUT2D eigenvalue weighted by Crippen LogP contribution is -2.14. The maximum absolute atomic E-state index is 12.7. The molecule has 0 spiro atoms. The third-order valence-electron chi connectivity index (χ3n) is 4.17. The minimum Gasteiger partial charge on any atom is -0.210 e. The fraction of sp³-hybridized carbons (Fsp3) is 0.733. The molecular weight excluding hydrogens is 227 g/mol. The Bertz CT molecular complexity index is 342. The van der Waals surface area contributed by atoms with Gasteiger partial charge in [-0.3, -0.25) is 0 Å². The van der Waals surface area contributed by atoms with Gasteiger partial charge in [-0.25, -0.2) is 9.97 Å². The van der Waals surface area contributed by atoms with Gasteiger partial charge < -0.3 is 0 Å². The molecule has 3 heteroatoms. The number of nitrogens with zero attached hydrogens (tertiary/aromatic N) is 2. The zero-order valence-corrected chi connectivity index (χ0v) is 11.2. The van der Waals surface area contributed by atoms with Gasteiger partial charge in [0.2, 0.25) is 0 Å². The Labute approximate surface area is 109 Å². The molecule has 0 unspecified atom stereocenters. The van der Waals surface area contributed by atoms with Gasteiger partial charge in [0.05, 0.1) is 0 Å². The van der Waals surface area contributed by atoms with Crippen molar-refractivity contribution in [2.24, 2.45) is 5.92 Å². The Balaban J connectivity index is 1.77. The first-order chi connectivity index (χ1) is 8.79. The summed E-state index contributed by atoms with van der Waals surface area (Å²) in [7, 11) is 0. The molecule has 1 aliphatic carbocycles. The van der Waals surface area contributed by atoms with Crippen LogP contribution in [-0.2, 0) is 0 Å². The van der Waals surface area contributed by atoms with E-state index >= 15 is 0 Å². The highest BCUT2D eigenvalue weighted by Crippen LogP contribution is 2.37. The molecule has 0 aliphatic heterocycles. The van der Waals surface area contributed by atoms with Crippen molar-refractivity contribution in [3.05, 3.63) is 24.0 Å². The molecule has 100 valence electrons. The summed E-state index contributed by atoms with van der Waals surface area (Å²) in [6.07, 6.45) is 13.2. The number of unbranched alkanes of at least 4 members (excludes halogenated alkanes) is 2. The van der Waals surface area contributed by atoms with E-state index in [9.17, 15) is 4.39 Å². The molecule has 0 bridgehead atoms. The normalized spacial score (nSPS) is 24.1. The lowest BCUT2D eigenvalue weighted by atomic mass is 9.77. The number of halogens is 1. The molecule has 2 nitrogen and oxygen atoms in total. The van der Waals surface area contributed by atoms with E-state index in [1.165, 1.54) is 51.4 Å². The summed E-state index contributed by atoms with van der Waals surface area (Å²) < 4.78 is 12.7. The van der Waals surface area contributed by atoms with Crippen molar-refractivity contribution in [2.45, 2.75) is 64.2 Å². The summed E-state index contributed by atoms with van der Waals surface area (Å²) in [6.45, 7) is 2.26. The maximum atomic E-state index is 12.7. The molecule has 0 N–H and O–H groups in total. The highest BCUT2D eigenvalue weighted by molar-refractivity contribution is 5.11. The summed E-state index contributed by atoms with van der Waals surface area (Å²) in [4.78, 5) is 7.31. The molecule has 1 saturated carbocycles. The van der Waals surface area contributed by atoms with E-state index in [0.29, 0.717) is 5.92 Å². The predicted octanol–water partition coefficient (Wildman–Crippen LogP) is 4.47. The minimum atomic E-state index is -0.619. The van der Waals surface area contributed by atoms with Gasteiger partial charge in [0.25, 0.3) is 0 Å². The van der Waals surface area contributed by atoms with E-state index in [1.807, 2.05) is 0 Å². The first-order valence-corrected chi connectivity index (χ1v) is 7.27. The van der Waals surface area contributed by atoms with E-state index in [4.69, 9.17) is 0 Å². The van der Waals surface area contributed by atoms with Crippen molar-refractivity contribution in [1.29, 1.82) is 0 Å². The predicted molar refractivity (Wildman–Crippen MR) is 70.8 cm³/mol. The van der Waals surface area contributed by atoms with Crippen LogP contribution in [0.2, 0.25) is 0 Å². The van der Waals surface area contributed by atoms with Crippen molar-refractivity contribution in [1.82, 2.24) is 9.97 Å². The van der Waals surface area contributed by atoms with Gasteiger partial charge in [-0.15, -0.1) is 0 Å². The second kappa shape index (κ2) is 6.81. The molecule has 1 aliphatic rings. The molecule has 0 radical (unpaired) electrons. The monoisotopic (exact) mass is 250 g/mol. The Morgan fingerprint density at radius 1 is 1.11 bits per heavy atom. The van der Waals surface area contributed by atoms with Crippen LogP contribution < -0.4 is 0 Å². The highest BCUT2D eigenvalue weighted by atomic mass is 19.1. The second-order valence-corrected chi connectivity index (χ2v) is 5.50. The third kappa shape index (κ3) is 3.76. The molecule has 1 aromatic heterocycles. The molecule has 1 heterocycles. The van der Waals surface area contributed by atoms with Gasteiger partial charge in [-0.05, 0) is 43.1 Å². The molecule has 2 rings (SSSR count). The lowest BCUT2D eigenvalue weighted by Gasteiger charge is -2.28. The van der Waals surface area contributed by atoms with Crippen LogP contribution in [0, 0.1) is 12.0 Å².